The molecule has 0 spiro atoms. The Morgan fingerprint density at radius 3 is 2.53 bits per heavy atom. The van der Waals surface area contributed by atoms with Gasteiger partial charge in [0.05, 0.1) is 24.6 Å². The molecule has 0 unspecified atom stereocenters. The predicted molar refractivity (Wildman–Crippen MR) is 79.4 cm³/mol. The lowest BCUT2D eigenvalue weighted by Crippen LogP contribution is -2.17. The third-order valence-corrected chi connectivity index (χ3v) is 2.86. The predicted octanol–water partition coefficient (Wildman–Crippen LogP) is 2.93. The van der Waals surface area contributed by atoms with E-state index in [0.29, 0.717) is 0 Å². The van der Waals surface area contributed by atoms with Gasteiger partial charge in [-0.1, -0.05) is 25.1 Å². The molecule has 0 atom stereocenters. The fourth-order valence-corrected chi connectivity index (χ4v) is 1.80. The van der Waals surface area contributed by atoms with Crippen LogP contribution in [0.2, 0.25) is 0 Å². The molecule has 0 amide bonds. The number of nitrogens with one attached hydrogen (secondary N) is 1. The second kappa shape index (κ2) is 6.73. The van der Waals surface area contributed by atoms with Gasteiger partial charge in [0.25, 0.3) is 0 Å². The van der Waals surface area contributed by atoms with Crippen LogP contribution in [0.25, 0.3) is 0 Å². The fraction of sp³-hybridized carbons (Fsp3) is 0.333. The van der Waals surface area contributed by atoms with Gasteiger partial charge in [0.2, 0.25) is 0 Å². The summed E-state index contributed by atoms with van der Waals surface area (Å²) in [5.41, 5.74) is 2.14. The van der Waals surface area contributed by atoms with Crippen molar-refractivity contribution in [2.75, 3.05) is 23.8 Å². The summed E-state index contributed by atoms with van der Waals surface area (Å²) in [5, 5.41) is 3.22. The molecule has 0 fully saturated rings. The zero-order valence-electron chi connectivity index (χ0n) is 11.5. The molecule has 0 aliphatic heterocycles. The van der Waals surface area contributed by atoms with Crippen molar-refractivity contribution in [2.24, 2.45) is 0 Å². The Balaban J connectivity index is 1.96. The summed E-state index contributed by atoms with van der Waals surface area (Å²) in [6, 6.07) is 10.3. The minimum atomic E-state index is 0.755. The van der Waals surface area contributed by atoms with E-state index in [2.05, 4.69) is 46.3 Å². The molecule has 1 N–H and O–H groups in total. The van der Waals surface area contributed by atoms with E-state index >= 15 is 0 Å². The molecular weight excluding hydrogens is 236 g/mol. The Labute approximate surface area is 114 Å². The summed E-state index contributed by atoms with van der Waals surface area (Å²) in [5.74, 6) is 0.841. The van der Waals surface area contributed by atoms with Crippen LogP contribution < -0.4 is 10.2 Å². The number of benzene rings is 1. The van der Waals surface area contributed by atoms with Gasteiger partial charge in [-0.3, -0.25) is 4.98 Å². The van der Waals surface area contributed by atoms with Crippen LogP contribution in [0.1, 0.15) is 19.0 Å². The zero-order chi connectivity index (χ0) is 13.5. The maximum absolute atomic E-state index is 4.43. The maximum Gasteiger partial charge on any atom is 0.144 e. The van der Waals surface area contributed by atoms with Crippen molar-refractivity contribution in [3.8, 4) is 0 Å². The van der Waals surface area contributed by atoms with Crippen LogP contribution in [0, 0.1) is 0 Å². The summed E-state index contributed by atoms with van der Waals surface area (Å²) in [6.45, 7) is 3.81. The van der Waals surface area contributed by atoms with E-state index in [4.69, 9.17) is 0 Å². The SMILES string of the molecule is CCCNc1cnc(CN(C)c2ccccc2)cn1. The molecule has 2 rings (SSSR count). The van der Waals surface area contributed by atoms with Crippen molar-refractivity contribution in [2.45, 2.75) is 19.9 Å². The number of rotatable bonds is 6. The molecular formula is C15H20N4. The quantitative estimate of drug-likeness (QED) is 0.862. The summed E-state index contributed by atoms with van der Waals surface area (Å²) < 4.78 is 0. The molecule has 0 aliphatic carbocycles. The van der Waals surface area contributed by atoms with Gasteiger partial charge in [-0.2, -0.15) is 0 Å². The number of anilines is 2. The van der Waals surface area contributed by atoms with E-state index < -0.39 is 0 Å². The number of para-hydroxylation sites is 1. The molecule has 0 aliphatic rings. The highest BCUT2D eigenvalue weighted by Crippen LogP contribution is 2.13. The second-order valence-corrected chi connectivity index (χ2v) is 4.51. The highest BCUT2D eigenvalue weighted by molar-refractivity contribution is 5.45. The molecule has 4 nitrogen and oxygen atoms in total. The van der Waals surface area contributed by atoms with Crippen LogP contribution in [-0.4, -0.2) is 23.6 Å². The Bertz CT molecular complexity index is 481. The van der Waals surface area contributed by atoms with E-state index in [1.54, 1.807) is 6.20 Å². The standard InChI is InChI=1S/C15H20N4/c1-3-9-16-15-11-17-13(10-18-15)12-19(2)14-7-5-4-6-8-14/h4-8,10-11H,3,9,12H2,1-2H3,(H,16,18). The topological polar surface area (TPSA) is 41.1 Å². The van der Waals surface area contributed by atoms with Gasteiger partial charge in [-0.25, -0.2) is 4.98 Å². The van der Waals surface area contributed by atoms with Gasteiger partial charge in [0.15, 0.2) is 0 Å². The lowest BCUT2D eigenvalue weighted by atomic mass is 10.3. The first-order valence-electron chi connectivity index (χ1n) is 6.60. The molecule has 19 heavy (non-hydrogen) atoms. The minimum absolute atomic E-state index is 0.755. The lowest BCUT2D eigenvalue weighted by Gasteiger charge is -2.18. The average molecular weight is 256 g/mol. The Morgan fingerprint density at radius 1 is 1.11 bits per heavy atom. The molecule has 0 radical (unpaired) electrons. The number of hydrogen-bond donors (Lipinski definition) is 1. The summed E-state index contributed by atoms with van der Waals surface area (Å²) in [7, 11) is 2.06. The van der Waals surface area contributed by atoms with Crippen molar-refractivity contribution in [1.82, 2.24) is 9.97 Å². The molecule has 1 heterocycles. The molecule has 0 saturated carbocycles. The summed E-state index contributed by atoms with van der Waals surface area (Å²) >= 11 is 0. The average Bonchev–Trinajstić information content (AvgIpc) is 2.47. The van der Waals surface area contributed by atoms with Crippen LogP contribution in [0.15, 0.2) is 42.7 Å². The van der Waals surface area contributed by atoms with Gasteiger partial charge in [-0.05, 0) is 18.6 Å². The maximum atomic E-state index is 4.43. The smallest absolute Gasteiger partial charge is 0.144 e. The fourth-order valence-electron chi connectivity index (χ4n) is 1.80. The summed E-state index contributed by atoms with van der Waals surface area (Å²) in [6.07, 6.45) is 4.71. The zero-order valence-corrected chi connectivity index (χ0v) is 11.5. The van der Waals surface area contributed by atoms with Gasteiger partial charge < -0.3 is 10.2 Å². The molecule has 0 saturated heterocycles. The number of hydrogen-bond acceptors (Lipinski definition) is 4. The van der Waals surface area contributed by atoms with Gasteiger partial charge in [-0.15, -0.1) is 0 Å². The van der Waals surface area contributed by atoms with Crippen molar-refractivity contribution < 1.29 is 0 Å². The van der Waals surface area contributed by atoms with Gasteiger partial charge in [0.1, 0.15) is 5.82 Å². The first-order valence-corrected chi connectivity index (χ1v) is 6.60. The number of nitrogens with zero attached hydrogens (tertiary/aromatic N) is 3. The second-order valence-electron chi connectivity index (χ2n) is 4.51. The Hall–Kier alpha value is -2.10. The van der Waals surface area contributed by atoms with E-state index in [0.717, 1.165) is 31.0 Å². The van der Waals surface area contributed by atoms with Gasteiger partial charge >= 0.3 is 0 Å². The van der Waals surface area contributed by atoms with Gasteiger partial charge in [0, 0.05) is 19.3 Å². The third kappa shape index (κ3) is 3.95. The molecule has 100 valence electrons. The third-order valence-electron chi connectivity index (χ3n) is 2.86. The monoisotopic (exact) mass is 256 g/mol. The van der Waals surface area contributed by atoms with E-state index in [1.165, 1.54) is 5.69 Å². The molecule has 1 aromatic heterocycles. The Kier molecular flexibility index (Phi) is 4.72. The van der Waals surface area contributed by atoms with E-state index in [-0.39, 0.29) is 0 Å². The molecule has 0 bridgehead atoms. The van der Waals surface area contributed by atoms with Crippen molar-refractivity contribution in [1.29, 1.82) is 0 Å². The lowest BCUT2D eigenvalue weighted by molar-refractivity contribution is 0.870. The highest BCUT2D eigenvalue weighted by Gasteiger charge is 2.03. The van der Waals surface area contributed by atoms with Crippen LogP contribution >= 0.6 is 0 Å². The minimum Gasteiger partial charge on any atom is -0.369 e. The first-order chi connectivity index (χ1) is 9.29. The summed E-state index contributed by atoms with van der Waals surface area (Å²) in [4.78, 5) is 10.9. The molecule has 1 aromatic carbocycles. The van der Waals surface area contributed by atoms with Crippen LogP contribution in [0.4, 0.5) is 11.5 Å². The normalized spacial score (nSPS) is 10.2. The Morgan fingerprint density at radius 2 is 1.89 bits per heavy atom. The van der Waals surface area contributed by atoms with Crippen molar-refractivity contribution >= 4 is 11.5 Å². The molecule has 2 aromatic rings. The van der Waals surface area contributed by atoms with E-state index in [1.807, 2.05) is 24.4 Å². The van der Waals surface area contributed by atoms with Crippen LogP contribution in [0.5, 0.6) is 0 Å². The van der Waals surface area contributed by atoms with E-state index in [9.17, 15) is 0 Å². The van der Waals surface area contributed by atoms with Crippen LogP contribution in [0.3, 0.4) is 0 Å². The number of aromatic nitrogens is 2. The van der Waals surface area contributed by atoms with Crippen LogP contribution in [-0.2, 0) is 6.54 Å². The van der Waals surface area contributed by atoms with Crippen molar-refractivity contribution in [3.63, 3.8) is 0 Å². The molecule has 4 heteroatoms. The van der Waals surface area contributed by atoms with Crippen molar-refractivity contribution in [3.05, 3.63) is 48.4 Å². The highest BCUT2D eigenvalue weighted by atomic mass is 15.1. The first kappa shape index (κ1) is 13.3. The largest absolute Gasteiger partial charge is 0.369 e.